The second-order valence-corrected chi connectivity index (χ2v) is 3.71. The summed E-state index contributed by atoms with van der Waals surface area (Å²) >= 11 is 0. The van der Waals surface area contributed by atoms with Crippen molar-refractivity contribution < 1.29 is 9.21 Å². The molecule has 0 aliphatic rings. The smallest absolute Gasteiger partial charge is 0.291 e. The highest BCUT2D eigenvalue weighted by atomic mass is 16.3. The summed E-state index contributed by atoms with van der Waals surface area (Å²) in [6.07, 6.45) is 1.44. The van der Waals surface area contributed by atoms with Crippen LogP contribution in [0.3, 0.4) is 0 Å². The number of tetrazole rings is 1. The van der Waals surface area contributed by atoms with Gasteiger partial charge in [-0.15, -0.1) is 10.2 Å². The van der Waals surface area contributed by atoms with Gasteiger partial charge in [0.25, 0.3) is 5.91 Å². The lowest BCUT2D eigenvalue weighted by Crippen LogP contribution is -2.11. The van der Waals surface area contributed by atoms with E-state index in [0.29, 0.717) is 17.1 Å². The van der Waals surface area contributed by atoms with Crippen molar-refractivity contribution in [3.63, 3.8) is 0 Å². The predicted octanol–water partition coefficient (Wildman–Crippen LogP) is 1.71. The number of amides is 1. The van der Waals surface area contributed by atoms with E-state index < -0.39 is 0 Å². The van der Waals surface area contributed by atoms with Gasteiger partial charge >= 0.3 is 0 Å². The third kappa shape index (κ3) is 2.21. The summed E-state index contributed by atoms with van der Waals surface area (Å²) in [5.74, 6) is 0.319. The standard InChI is InChI=1S/C12H9N5O2/c18-12(10-6-3-7-19-10)13-9-5-2-1-4-8(9)11-14-16-17-15-11/h1-7H,(H,13,18)(H,14,15,16,17). The Labute approximate surface area is 107 Å². The van der Waals surface area contributed by atoms with Crippen LogP contribution in [0.25, 0.3) is 11.4 Å². The number of aromatic nitrogens is 4. The van der Waals surface area contributed by atoms with Gasteiger partial charge in [0.1, 0.15) is 0 Å². The van der Waals surface area contributed by atoms with Gasteiger partial charge in [-0.1, -0.05) is 12.1 Å². The molecule has 0 bridgehead atoms. The summed E-state index contributed by atoms with van der Waals surface area (Å²) < 4.78 is 5.04. The van der Waals surface area contributed by atoms with E-state index in [4.69, 9.17) is 4.42 Å². The number of nitrogens with zero attached hydrogens (tertiary/aromatic N) is 3. The van der Waals surface area contributed by atoms with E-state index in [1.807, 2.05) is 6.07 Å². The van der Waals surface area contributed by atoms with Crippen LogP contribution in [0.1, 0.15) is 10.6 Å². The van der Waals surface area contributed by atoms with Crippen molar-refractivity contribution >= 4 is 11.6 Å². The largest absolute Gasteiger partial charge is 0.459 e. The third-order valence-corrected chi connectivity index (χ3v) is 2.51. The van der Waals surface area contributed by atoms with E-state index in [1.54, 1.807) is 30.3 Å². The Hall–Kier alpha value is -2.96. The molecule has 2 aromatic heterocycles. The molecule has 0 saturated heterocycles. The molecule has 0 aliphatic heterocycles. The van der Waals surface area contributed by atoms with Crippen LogP contribution in [0.5, 0.6) is 0 Å². The minimum Gasteiger partial charge on any atom is -0.459 e. The first-order chi connectivity index (χ1) is 9.34. The number of anilines is 1. The monoisotopic (exact) mass is 255 g/mol. The Morgan fingerprint density at radius 3 is 2.84 bits per heavy atom. The number of nitrogens with one attached hydrogen (secondary N) is 2. The summed E-state index contributed by atoms with van der Waals surface area (Å²) in [5, 5.41) is 16.4. The number of para-hydroxylation sites is 1. The number of hydrogen-bond acceptors (Lipinski definition) is 5. The average molecular weight is 255 g/mol. The van der Waals surface area contributed by atoms with Crippen LogP contribution in [-0.2, 0) is 0 Å². The van der Waals surface area contributed by atoms with Crippen LogP contribution in [0.2, 0.25) is 0 Å². The fourth-order valence-electron chi connectivity index (χ4n) is 1.65. The molecule has 0 radical (unpaired) electrons. The van der Waals surface area contributed by atoms with E-state index in [-0.39, 0.29) is 11.7 Å². The zero-order valence-corrected chi connectivity index (χ0v) is 9.70. The van der Waals surface area contributed by atoms with E-state index in [2.05, 4.69) is 25.9 Å². The van der Waals surface area contributed by atoms with Gasteiger partial charge in [0.2, 0.25) is 5.82 Å². The maximum absolute atomic E-state index is 11.9. The topological polar surface area (TPSA) is 96.7 Å². The number of benzene rings is 1. The molecule has 2 heterocycles. The number of furan rings is 1. The van der Waals surface area contributed by atoms with Crippen molar-refractivity contribution in [3.8, 4) is 11.4 Å². The molecule has 0 saturated carbocycles. The Bertz CT molecular complexity index is 676. The Balaban J connectivity index is 1.92. The number of carbonyl (C=O) groups is 1. The first-order valence-electron chi connectivity index (χ1n) is 5.52. The highest BCUT2D eigenvalue weighted by molar-refractivity contribution is 6.04. The molecule has 0 aliphatic carbocycles. The molecule has 7 heteroatoms. The van der Waals surface area contributed by atoms with Crippen molar-refractivity contribution in [1.82, 2.24) is 20.6 Å². The van der Waals surface area contributed by atoms with Crippen LogP contribution in [0, 0.1) is 0 Å². The summed E-state index contributed by atoms with van der Waals surface area (Å²) in [5.41, 5.74) is 1.27. The first kappa shape index (κ1) is 11.1. The van der Waals surface area contributed by atoms with Crippen LogP contribution < -0.4 is 5.32 Å². The molecular weight excluding hydrogens is 246 g/mol. The van der Waals surface area contributed by atoms with Gasteiger partial charge in [0.15, 0.2) is 5.76 Å². The molecule has 3 rings (SSSR count). The minimum absolute atomic E-state index is 0.239. The quantitative estimate of drug-likeness (QED) is 0.742. The van der Waals surface area contributed by atoms with Gasteiger partial charge in [-0.05, 0) is 29.5 Å². The fraction of sp³-hybridized carbons (Fsp3) is 0. The SMILES string of the molecule is O=C(Nc1ccccc1-c1nn[nH]n1)c1ccco1. The molecule has 7 nitrogen and oxygen atoms in total. The van der Waals surface area contributed by atoms with Gasteiger partial charge in [-0.3, -0.25) is 4.79 Å². The lowest BCUT2D eigenvalue weighted by molar-refractivity contribution is 0.0996. The molecule has 1 aromatic carbocycles. The zero-order valence-electron chi connectivity index (χ0n) is 9.70. The number of hydrogen-bond donors (Lipinski definition) is 2. The second kappa shape index (κ2) is 4.73. The van der Waals surface area contributed by atoms with Gasteiger partial charge in [-0.25, -0.2) is 0 Å². The van der Waals surface area contributed by atoms with Crippen molar-refractivity contribution in [2.45, 2.75) is 0 Å². The highest BCUT2D eigenvalue weighted by Crippen LogP contribution is 2.24. The molecule has 0 atom stereocenters. The lowest BCUT2D eigenvalue weighted by atomic mass is 10.1. The predicted molar refractivity (Wildman–Crippen MR) is 66.3 cm³/mol. The maximum atomic E-state index is 11.9. The van der Waals surface area contributed by atoms with Gasteiger partial charge in [0.05, 0.1) is 12.0 Å². The Morgan fingerprint density at radius 1 is 1.21 bits per heavy atom. The molecule has 19 heavy (non-hydrogen) atoms. The molecule has 0 spiro atoms. The van der Waals surface area contributed by atoms with Crippen molar-refractivity contribution in [2.75, 3.05) is 5.32 Å². The first-order valence-corrected chi connectivity index (χ1v) is 5.52. The lowest BCUT2D eigenvalue weighted by Gasteiger charge is -2.06. The highest BCUT2D eigenvalue weighted by Gasteiger charge is 2.13. The zero-order chi connectivity index (χ0) is 13.1. The van der Waals surface area contributed by atoms with E-state index in [1.165, 1.54) is 6.26 Å². The van der Waals surface area contributed by atoms with Crippen molar-refractivity contribution in [1.29, 1.82) is 0 Å². The molecule has 3 aromatic rings. The van der Waals surface area contributed by atoms with Crippen molar-refractivity contribution in [3.05, 3.63) is 48.4 Å². The van der Waals surface area contributed by atoms with Crippen LogP contribution >= 0.6 is 0 Å². The van der Waals surface area contributed by atoms with Gasteiger partial charge < -0.3 is 9.73 Å². The molecule has 0 unspecified atom stereocenters. The minimum atomic E-state index is -0.332. The number of H-pyrrole nitrogens is 1. The number of rotatable bonds is 3. The van der Waals surface area contributed by atoms with Gasteiger partial charge in [-0.2, -0.15) is 5.21 Å². The van der Waals surface area contributed by atoms with Gasteiger partial charge in [0, 0.05) is 5.56 Å². The Morgan fingerprint density at radius 2 is 2.11 bits per heavy atom. The Kier molecular flexibility index (Phi) is 2.77. The van der Waals surface area contributed by atoms with E-state index in [9.17, 15) is 4.79 Å². The van der Waals surface area contributed by atoms with Crippen molar-refractivity contribution in [2.24, 2.45) is 0 Å². The molecule has 94 valence electrons. The van der Waals surface area contributed by atoms with Crippen LogP contribution in [-0.4, -0.2) is 26.5 Å². The second-order valence-electron chi connectivity index (χ2n) is 3.71. The summed E-state index contributed by atoms with van der Waals surface area (Å²) in [4.78, 5) is 11.9. The molecule has 2 N–H and O–H groups in total. The molecular formula is C12H9N5O2. The summed E-state index contributed by atoms with van der Waals surface area (Å²) in [6.45, 7) is 0. The molecule has 1 amide bonds. The number of aromatic amines is 1. The molecule has 0 fully saturated rings. The van der Waals surface area contributed by atoms with Crippen LogP contribution in [0.4, 0.5) is 5.69 Å². The van der Waals surface area contributed by atoms with E-state index in [0.717, 1.165) is 0 Å². The van der Waals surface area contributed by atoms with E-state index >= 15 is 0 Å². The normalized spacial score (nSPS) is 10.3. The fourth-order valence-corrected chi connectivity index (χ4v) is 1.65. The summed E-state index contributed by atoms with van der Waals surface area (Å²) in [7, 11) is 0. The number of carbonyl (C=O) groups excluding carboxylic acids is 1. The summed E-state index contributed by atoms with van der Waals surface area (Å²) in [6, 6.07) is 10.4. The third-order valence-electron chi connectivity index (χ3n) is 2.51. The average Bonchev–Trinajstić information content (AvgIpc) is 3.13. The maximum Gasteiger partial charge on any atom is 0.291 e. The van der Waals surface area contributed by atoms with Crippen LogP contribution in [0.15, 0.2) is 47.1 Å².